The fourth-order valence-corrected chi connectivity index (χ4v) is 3.69. The van der Waals surface area contributed by atoms with Crippen molar-refractivity contribution in [1.29, 1.82) is 0 Å². The first-order valence-electron chi connectivity index (χ1n) is 9.12. The molecule has 2 amide bonds. The third-order valence-electron chi connectivity index (χ3n) is 4.96. The van der Waals surface area contributed by atoms with Gasteiger partial charge >= 0.3 is 0 Å². The standard InChI is InChI=1S/C20H21FN4O2/c1-11(2)5-18-22-8-12-9-25(10-17(12)23-18)20(27)15-7-19(26)24-16-4-3-13(21)6-14(15)16/h3-4,6,8,11,15H,5,7,9-10H2,1-2H3,(H,24,26)/t15-/m0/s1. The molecule has 0 bridgehead atoms. The molecule has 2 aromatic rings. The molecule has 1 N–H and O–H groups in total. The average Bonchev–Trinajstić information content (AvgIpc) is 3.03. The summed E-state index contributed by atoms with van der Waals surface area (Å²) in [5, 5.41) is 2.71. The van der Waals surface area contributed by atoms with Gasteiger partial charge in [0.15, 0.2) is 0 Å². The van der Waals surface area contributed by atoms with E-state index in [9.17, 15) is 14.0 Å². The maximum Gasteiger partial charge on any atom is 0.231 e. The van der Waals surface area contributed by atoms with Gasteiger partial charge in [0, 0.05) is 36.8 Å². The minimum Gasteiger partial charge on any atom is -0.332 e. The Labute approximate surface area is 156 Å². The number of benzene rings is 1. The predicted octanol–water partition coefficient (Wildman–Crippen LogP) is 2.78. The van der Waals surface area contributed by atoms with E-state index in [1.165, 1.54) is 18.2 Å². The normalized spacial score (nSPS) is 18.3. The topological polar surface area (TPSA) is 75.2 Å². The quantitative estimate of drug-likeness (QED) is 0.904. The Morgan fingerprint density at radius 1 is 1.37 bits per heavy atom. The first kappa shape index (κ1) is 17.6. The Kier molecular flexibility index (Phi) is 4.37. The number of rotatable bonds is 3. The fourth-order valence-electron chi connectivity index (χ4n) is 3.69. The Balaban J connectivity index is 1.57. The first-order chi connectivity index (χ1) is 12.9. The number of hydrogen-bond donors (Lipinski definition) is 1. The molecule has 0 saturated heterocycles. The van der Waals surface area contributed by atoms with E-state index in [4.69, 9.17) is 0 Å². The second-order valence-electron chi connectivity index (χ2n) is 7.59. The molecular formula is C20H21FN4O2. The van der Waals surface area contributed by atoms with Crippen LogP contribution in [0, 0.1) is 11.7 Å². The number of hydrogen-bond acceptors (Lipinski definition) is 4. The van der Waals surface area contributed by atoms with Crippen LogP contribution in [0.25, 0.3) is 0 Å². The number of carbonyl (C=O) groups is 2. The third kappa shape index (κ3) is 3.41. The van der Waals surface area contributed by atoms with Crippen molar-refractivity contribution in [3.05, 3.63) is 52.9 Å². The number of fused-ring (bicyclic) bond motifs is 2. The summed E-state index contributed by atoms with van der Waals surface area (Å²) >= 11 is 0. The number of nitrogens with one attached hydrogen (secondary N) is 1. The molecule has 6 nitrogen and oxygen atoms in total. The lowest BCUT2D eigenvalue weighted by atomic mass is 9.89. The van der Waals surface area contributed by atoms with Crippen LogP contribution in [0.2, 0.25) is 0 Å². The maximum atomic E-state index is 13.7. The molecule has 1 aromatic carbocycles. The van der Waals surface area contributed by atoms with Gasteiger partial charge in [-0.15, -0.1) is 0 Å². The van der Waals surface area contributed by atoms with E-state index in [1.807, 2.05) is 0 Å². The number of carbonyl (C=O) groups excluding carboxylic acids is 2. The van der Waals surface area contributed by atoms with E-state index in [1.54, 1.807) is 11.1 Å². The largest absolute Gasteiger partial charge is 0.332 e. The molecule has 2 aliphatic rings. The summed E-state index contributed by atoms with van der Waals surface area (Å²) < 4.78 is 13.7. The van der Waals surface area contributed by atoms with E-state index in [0.29, 0.717) is 30.3 Å². The lowest BCUT2D eigenvalue weighted by Crippen LogP contribution is -2.35. The summed E-state index contributed by atoms with van der Waals surface area (Å²) in [5.41, 5.74) is 2.81. The van der Waals surface area contributed by atoms with Gasteiger partial charge in [0.05, 0.1) is 18.2 Å². The summed E-state index contributed by atoms with van der Waals surface area (Å²) in [6, 6.07) is 4.12. The molecule has 0 aliphatic carbocycles. The van der Waals surface area contributed by atoms with Gasteiger partial charge in [-0.05, 0) is 29.7 Å². The number of anilines is 1. The fraction of sp³-hybridized carbons (Fsp3) is 0.400. The van der Waals surface area contributed by atoms with Crippen molar-refractivity contribution in [2.24, 2.45) is 5.92 Å². The van der Waals surface area contributed by atoms with Crippen LogP contribution in [0.3, 0.4) is 0 Å². The monoisotopic (exact) mass is 368 g/mol. The summed E-state index contributed by atoms with van der Waals surface area (Å²) in [4.78, 5) is 35.8. The maximum absolute atomic E-state index is 13.7. The van der Waals surface area contributed by atoms with Crippen molar-refractivity contribution < 1.29 is 14.0 Å². The lowest BCUT2D eigenvalue weighted by Gasteiger charge is -2.28. The molecule has 0 saturated carbocycles. The number of aromatic nitrogens is 2. The highest BCUT2D eigenvalue weighted by Crippen LogP contribution is 2.35. The van der Waals surface area contributed by atoms with E-state index in [-0.39, 0.29) is 18.2 Å². The molecule has 1 aromatic heterocycles. The Bertz CT molecular complexity index is 928. The van der Waals surface area contributed by atoms with E-state index in [0.717, 1.165) is 23.5 Å². The Morgan fingerprint density at radius 3 is 2.96 bits per heavy atom. The minimum atomic E-state index is -0.679. The smallest absolute Gasteiger partial charge is 0.231 e. The van der Waals surface area contributed by atoms with Crippen LogP contribution in [-0.2, 0) is 29.1 Å². The van der Waals surface area contributed by atoms with Gasteiger partial charge in [0.25, 0.3) is 0 Å². The van der Waals surface area contributed by atoms with Gasteiger partial charge in [-0.3, -0.25) is 9.59 Å². The summed E-state index contributed by atoms with van der Waals surface area (Å²) in [6.07, 6.45) is 2.59. The van der Waals surface area contributed by atoms with Crippen molar-refractivity contribution in [3.8, 4) is 0 Å². The number of halogens is 1. The highest BCUT2D eigenvalue weighted by atomic mass is 19.1. The third-order valence-corrected chi connectivity index (χ3v) is 4.96. The number of amides is 2. The van der Waals surface area contributed by atoms with Crippen molar-refractivity contribution >= 4 is 17.5 Å². The van der Waals surface area contributed by atoms with Crippen LogP contribution in [-0.4, -0.2) is 26.7 Å². The zero-order chi connectivity index (χ0) is 19.1. The average molecular weight is 368 g/mol. The van der Waals surface area contributed by atoms with Crippen LogP contribution in [0.1, 0.15) is 48.8 Å². The summed E-state index contributed by atoms with van der Waals surface area (Å²) in [6.45, 7) is 5.03. The first-order valence-corrected chi connectivity index (χ1v) is 9.12. The van der Waals surface area contributed by atoms with Gasteiger partial charge < -0.3 is 10.2 Å². The van der Waals surface area contributed by atoms with Crippen LogP contribution >= 0.6 is 0 Å². The van der Waals surface area contributed by atoms with Crippen molar-refractivity contribution in [2.75, 3.05) is 5.32 Å². The van der Waals surface area contributed by atoms with Crippen LogP contribution in [0.4, 0.5) is 10.1 Å². The molecule has 7 heteroatoms. The van der Waals surface area contributed by atoms with E-state index >= 15 is 0 Å². The zero-order valence-corrected chi connectivity index (χ0v) is 15.3. The van der Waals surface area contributed by atoms with Crippen molar-refractivity contribution in [2.45, 2.75) is 45.7 Å². The SMILES string of the molecule is CC(C)Cc1ncc2c(n1)CN(C(=O)[C@H]1CC(=O)Nc3ccc(F)cc31)C2. The molecule has 0 spiro atoms. The molecule has 2 aliphatic heterocycles. The molecule has 3 heterocycles. The van der Waals surface area contributed by atoms with Gasteiger partial charge in [0.1, 0.15) is 11.6 Å². The van der Waals surface area contributed by atoms with Gasteiger partial charge in [0.2, 0.25) is 11.8 Å². The zero-order valence-electron chi connectivity index (χ0n) is 15.3. The molecule has 1 atom stereocenters. The highest BCUT2D eigenvalue weighted by Gasteiger charge is 2.36. The molecular weight excluding hydrogens is 347 g/mol. The van der Waals surface area contributed by atoms with Crippen LogP contribution < -0.4 is 5.32 Å². The van der Waals surface area contributed by atoms with Gasteiger partial charge in [-0.1, -0.05) is 13.8 Å². The second kappa shape index (κ2) is 6.72. The van der Waals surface area contributed by atoms with Crippen molar-refractivity contribution in [3.63, 3.8) is 0 Å². The summed E-state index contributed by atoms with van der Waals surface area (Å²) in [5.74, 6) is -0.279. The van der Waals surface area contributed by atoms with Crippen molar-refractivity contribution in [1.82, 2.24) is 14.9 Å². The highest BCUT2D eigenvalue weighted by molar-refractivity contribution is 6.01. The molecule has 140 valence electrons. The Morgan fingerprint density at radius 2 is 2.19 bits per heavy atom. The van der Waals surface area contributed by atoms with Gasteiger partial charge in [-0.2, -0.15) is 0 Å². The van der Waals surface area contributed by atoms with Crippen LogP contribution in [0.15, 0.2) is 24.4 Å². The lowest BCUT2D eigenvalue weighted by molar-refractivity contribution is -0.135. The Hall–Kier alpha value is -2.83. The molecule has 4 rings (SSSR count). The molecule has 0 unspecified atom stereocenters. The molecule has 0 fully saturated rings. The van der Waals surface area contributed by atoms with E-state index < -0.39 is 11.7 Å². The summed E-state index contributed by atoms with van der Waals surface area (Å²) in [7, 11) is 0. The van der Waals surface area contributed by atoms with Crippen LogP contribution in [0.5, 0.6) is 0 Å². The minimum absolute atomic E-state index is 0.0202. The molecule has 0 radical (unpaired) electrons. The van der Waals surface area contributed by atoms with Gasteiger partial charge in [-0.25, -0.2) is 14.4 Å². The number of nitrogens with zero attached hydrogens (tertiary/aromatic N) is 3. The molecule has 27 heavy (non-hydrogen) atoms. The van der Waals surface area contributed by atoms with E-state index in [2.05, 4.69) is 29.1 Å². The predicted molar refractivity (Wildman–Crippen MR) is 97.2 cm³/mol. The second-order valence-corrected chi connectivity index (χ2v) is 7.59.